The van der Waals surface area contributed by atoms with E-state index in [1.807, 2.05) is 40.0 Å². The number of hydrogen-bond acceptors (Lipinski definition) is 5. The molecule has 1 atom stereocenters. The molecule has 0 bridgehead atoms. The van der Waals surface area contributed by atoms with Crippen LogP contribution in [-0.4, -0.2) is 44.0 Å². The van der Waals surface area contributed by atoms with Crippen LogP contribution in [0.1, 0.15) is 39.2 Å². The topological polar surface area (TPSA) is 86.3 Å². The number of amides is 1. The van der Waals surface area contributed by atoms with Crippen LogP contribution >= 0.6 is 0 Å². The summed E-state index contributed by atoms with van der Waals surface area (Å²) < 4.78 is 8.69. The molecule has 0 saturated heterocycles. The molecule has 0 spiro atoms. The molecule has 25 heavy (non-hydrogen) atoms. The van der Waals surface area contributed by atoms with E-state index < -0.39 is 0 Å². The smallest absolute Gasteiger partial charge is 0.257 e. The van der Waals surface area contributed by atoms with Gasteiger partial charge in [-0.1, -0.05) is 0 Å². The van der Waals surface area contributed by atoms with Crippen molar-refractivity contribution in [3.8, 4) is 0 Å². The molecule has 8 heteroatoms. The lowest BCUT2D eigenvalue weighted by Crippen LogP contribution is -2.33. The molecule has 0 aliphatic heterocycles. The van der Waals surface area contributed by atoms with Crippen molar-refractivity contribution in [1.82, 2.24) is 29.7 Å². The number of methoxy groups -OCH3 is 1. The Morgan fingerprint density at radius 2 is 2.12 bits per heavy atom. The first-order valence-corrected chi connectivity index (χ1v) is 8.03. The quantitative estimate of drug-likeness (QED) is 0.759. The Balaban J connectivity index is 1.99. The van der Waals surface area contributed by atoms with Gasteiger partial charge in [0.2, 0.25) is 0 Å². The Morgan fingerprint density at radius 3 is 2.76 bits per heavy atom. The zero-order valence-electron chi connectivity index (χ0n) is 15.1. The molecule has 8 nitrogen and oxygen atoms in total. The molecule has 132 valence electrons. The second-order valence-electron chi connectivity index (χ2n) is 6.10. The molecule has 3 aromatic heterocycles. The SMILES string of the molecule is COC[C@@H](NC(=O)c1c(C)nn2c(C)cc(C)nc12)c1ccnn1C. The number of nitrogens with one attached hydrogen (secondary N) is 1. The highest BCUT2D eigenvalue weighted by molar-refractivity contribution is 6.01. The molecular weight excluding hydrogens is 320 g/mol. The Labute approximate surface area is 145 Å². The number of rotatable bonds is 5. The average Bonchev–Trinajstić information content (AvgIpc) is 3.10. The van der Waals surface area contributed by atoms with Crippen molar-refractivity contribution in [2.45, 2.75) is 26.8 Å². The molecule has 1 amide bonds. The van der Waals surface area contributed by atoms with Gasteiger partial charge in [-0.05, 0) is 32.9 Å². The Morgan fingerprint density at radius 1 is 1.36 bits per heavy atom. The fourth-order valence-electron chi connectivity index (χ4n) is 3.02. The second-order valence-corrected chi connectivity index (χ2v) is 6.10. The third-order valence-corrected chi connectivity index (χ3v) is 4.15. The fourth-order valence-corrected chi connectivity index (χ4v) is 3.02. The molecule has 3 rings (SSSR count). The molecule has 0 fully saturated rings. The van der Waals surface area contributed by atoms with E-state index in [2.05, 4.69) is 20.5 Å². The maximum absolute atomic E-state index is 13.0. The van der Waals surface area contributed by atoms with Gasteiger partial charge in [-0.2, -0.15) is 10.2 Å². The number of ether oxygens (including phenoxy) is 1. The minimum atomic E-state index is -0.315. The predicted molar refractivity (Wildman–Crippen MR) is 92.5 cm³/mol. The van der Waals surface area contributed by atoms with Crippen LogP contribution in [0.5, 0.6) is 0 Å². The van der Waals surface area contributed by atoms with Gasteiger partial charge >= 0.3 is 0 Å². The molecule has 0 aromatic carbocycles. The zero-order valence-corrected chi connectivity index (χ0v) is 15.1. The van der Waals surface area contributed by atoms with E-state index >= 15 is 0 Å². The zero-order chi connectivity index (χ0) is 18.1. The summed E-state index contributed by atoms with van der Waals surface area (Å²) in [5.41, 5.74) is 4.33. The van der Waals surface area contributed by atoms with Gasteiger partial charge in [-0.3, -0.25) is 9.48 Å². The number of aryl methyl sites for hydroxylation is 4. The number of carbonyl (C=O) groups excluding carboxylic acids is 1. The Hall–Kier alpha value is -2.74. The molecule has 3 heterocycles. The van der Waals surface area contributed by atoms with Gasteiger partial charge in [0.25, 0.3) is 5.91 Å². The van der Waals surface area contributed by atoms with Crippen LogP contribution in [0.4, 0.5) is 0 Å². The molecule has 3 aromatic rings. The van der Waals surface area contributed by atoms with Crippen molar-refractivity contribution in [3.05, 3.63) is 46.7 Å². The number of fused-ring (bicyclic) bond motifs is 1. The van der Waals surface area contributed by atoms with Gasteiger partial charge in [0.05, 0.1) is 24.0 Å². The van der Waals surface area contributed by atoms with Crippen LogP contribution in [0.15, 0.2) is 18.3 Å². The fraction of sp³-hybridized carbons (Fsp3) is 0.412. The van der Waals surface area contributed by atoms with Crippen molar-refractivity contribution in [3.63, 3.8) is 0 Å². The normalized spacial score (nSPS) is 12.5. The maximum atomic E-state index is 13.0. The molecule has 1 N–H and O–H groups in total. The Kier molecular flexibility index (Phi) is 4.54. The van der Waals surface area contributed by atoms with Crippen LogP contribution < -0.4 is 5.32 Å². The number of hydrogen-bond donors (Lipinski definition) is 1. The van der Waals surface area contributed by atoms with E-state index in [-0.39, 0.29) is 11.9 Å². The molecule has 0 unspecified atom stereocenters. The average molecular weight is 342 g/mol. The first-order valence-electron chi connectivity index (χ1n) is 8.03. The van der Waals surface area contributed by atoms with Crippen LogP contribution in [-0.2, 0) is 11.8 Å². The summed E-state index contributed by atoms with van der Waals surface area (Å²) in [6, 6.07) is 3.48. The van der Waals surface area contributed by atoms with E-state index in [1.165, 1.54) is 0 Å². The summed E-state index contributed by atoms with van der Waals surface area (Å²) >= 11 is 0. The van der Waals surface area contributed by atoms with Crippen molar-refractivity contribution < 1.29 is 9.53 Å². The van der Waals surface area contributed by atoms with Gasteiger partial charge < -0.3 is 10.1 Å². The lowest BCUT2D eigenvalue weighted by atomic mass is 10.1. The van der Waals surface area contributed by atoms with Gasteiger partial charge in [0.15, 0.2) is 5.65 Å². The molecule has 0 aliphatic rings. The van der Waals surface area contributed by atoms with Crippen molar-refractivity contribution >= 4 is 11.6 Å². The summed E-state index contributed by atoms with van der Waals surface area (Å²) in [6.45, 7) is 6.00. The van der Waals surface area contributed by atoms with E-state index in [1.54, 1.807) is 22.5 Å². The molecule has 0 saturated carbocycles. The van der Waals surface area contributed by atoms with Crippen LogP contribution in [0.3, 0.4) is 0 Å². The third-order valence-electron chi connectivity index (χ3n) is 4.15. The molecule has 0 aliphatic carbocycles. The first kappa shape index (κ1) is 17.1. The number of aromatic nitrogens is 5. The summed E-state index contributed by atoms with van der Waals surface area (Å²) in [6.07, 6.45) is 1.69. The minimum Gasteiger partial charge on any atom is -0.382 e. The van der Waals surface area contributed by atoms with E-state index in [4.69, 9.17) is 4.74 Å². The number of nitrogens with zero attached hydrogens (tertiary/aromatic N) is 5. The standard InChI is InChI=1S/C17H22N6O2/c1-10-8-11(2)23-16(19-10)15(12(3)21-23)17(24)20-13(9-25-5)14-6-7-18-22(14)4/h6-8,13H,9H2,1-5H3,(H,20,24)/t13-/m1/s1. The first-order chi connectivity index (χ1) is 11.9. The van der Waals surface area contributed by atoms with E-state index in [0.29, 0.717) is 23.5 Å². The van der Waals surface area contributed by atoms with Gasteiger partial charge in [0.1, 0.15) is 5.56 Å². The monoisotopic (exact) mass is 342 g/mol. The summed E-state index contributed by atoms with van der Waals surface area (Å²) in [5, 5.41) is 11.6. The largest absolute Gasteiger partial charge is 0.382 e. The van der Waals surface area contributed by atoms with E-state index in [9.17, 15) is 4.79 Å². The lowest BCUT2D eigenvalue weighted by molar-refractivity contribution is 0.0893. The lowest BCUT2D eigenvalue weighted by Gasteiger charge is -2.18. The predicted octanol–water partition coefficient (Wildman–Crippen LogP) is 1.51. The van der Waals surface area contributed by atoms with E-state index in [0.717, 1.165) is 17.1 Å². The summed E-state index contributed by atoms with van der Waals surface area (Å²) in [5.74, 6) is -0.228. The van der Waals surface area contributed by atoms with Gasteiger partial charge in [0, 0.05) is 31.7 Å². The number of carbonyl (C=O) groups is 1. The second kappa shape index (κ2) is 6.64. The minimum absolute atomic E-state index is 0.228. The highest BCUT2D eigenvalue weighted by Crippen LogP contribution is 2.19. The third kappa shape index (κ3) is 3.12. The Bertz CT molecular complexity index is 927. The highest BCUT2D eigenvalue weighted by Gasteiger charge is 2.24. The van der Waals surface area contributed by atoms with Crippen LogP contribution in [0.2, 0.25) is 0 Å². The summed E-state index contributed by atoms with van der Waals surface area (Å²) in [4.78, 5) is 17.5. The summed E-state index contributed by atoms with van der Waals surface area (Å²) in [7, 11) is 3.43. The van der Waals surface area contributed by atoms with Crippen molar-refractivity contribution in [2.24, 2.45) is 7.05 Å². The van der Waals surface area contributed by atoms with Crippen molar-refractivity contribution in [2.75, 3.05) is 13.7 Å². The molecular formula is C17H22N6O2. The van der Waals surface area contributed by atoms with Crippen molar-refractivity contribution in [1.29, 1.82) is 0 Å². The highest BCUT2D eigenvalue weighted by atomic mass is 16.5. The molecule has 0 radical (unpaired) electrons. The van der Waals surface area contributed by atoms with Gasteiger partial charge in [-0.25, -0.2) is 9.50 Å². The van der Waals surface area contributed by atoms with Gasteiger partial charge in [-0.15, -0.1) is 0 Å². The van der Waals surface area contributed by atoms with Crippen LogP contribution in [0, 0.1) is 20.8 Å². The maximum Gasteiger partial charge on any atom is 0.257 e. The van der Waals surface area contributed by atoms with Crippen LogP contribution in [0.25, 0.3) is 5.65 Å².